The van der Waals surface area contributed by atoms with Gasteiger partial charge in [-0.25, -0.2) is 13.2 Å². The van der Waals surface area contributed by atoms with Crippen molar-refractivity contribution in [1.82, 2.24) is 19.9 Å². The van der Waals surface area contributed by atoms with E-state index in [1.165, 1.54) is 0 Å². The molecule has 2 bridgehead atoms. The minimum Gasteiger partial charge on any atom is -0.508 e. The average molecular weight is 670 g/mol. The maximum Gasteiger partial charge on any atom is 0.418 e. The molecule has 1 aromatic heterocycles. The molecule has 0 aliphatic carbocycles. The lowest BCUT2D eigenvalue weighted by Gasteiger charge is -2.33. The van der Waals surface area contributed by atoms with Gasteiger partial charge >= 0.3 is 12.2 Å². The van der Waals surface area contributed by atoms with Gasteiger partial charge in [0, 0.05) is 43.0 Å². The minimum atomic E-state index is -5.09. The topological polar surface area (TPSA) is 73.8 Å². The number of phenols is 1. The average Bonchev–Trinajstić information content (AvgIpc) is 3.34. The summed E-state index contributed by atoms with van der Waals surface area (Å²) in [6.45, 7) is 4.19. The van der Waals surface area contributed by atoms with E-state index in [4.69, 9.17) is 16.3 Å². The highest BCUT2D eigenvalue weighted by atomic mass is 35.5. The maximum absolute atomic E-state index is 16.5. The van der Waals surface area contributed by atoms with E-state index in [9.17, 15) is 22.7 Å². The zero-order valence-electron chi connectivity index (χ0n) is 24.2. The van der Waals surface area contributed by atoms with E-state index in [-0.39, 0.29) is 41.3 Å². The molecule has 7 nitrogen and oxygen atoms in total. The van der Waals surface area contributed by atoms with E-state index in [1.54, 1.807) is 0 Å². The minimum absolute atomic E-state index is 0.0283. The van der Waals surface area contributed by atoms with Crippen LogP contribution in [-0.2, 0) is 6.18 Å². The van der Waals surface area contributed by atoms with Crippen molar-refractivity contribution in [3.05, 3.63) is 40.4 Å². The van der Waals surface area contributed by atoms with Crippen LogP contribution in [0, 0.1) is 11.6 Å². The molecule has 0 amide bonds. The number of halogens is 7. The molecule has 5 saturated heterocycles. The summed E-state index contributed by atoms with van der Waals surface area (Å²) in [6, 6.07) is 2.09. The fourth-order valence-corrected chi connectivity index (χ4v) is 9.16. The molecule has 15 heteroatoms. The first kappa shape index (κ1) is 30.8. The Kier molecular flexibility index (Phi) is 7.45. The number of hydrogen-bond donors (Lipinski definition) is 2. The molecule has 4 atom stereocenters. The van der Waals surface area contributed by atoms with E-state index in [2.05, 4.69) is 21.9 Å². The molecule has 0 spiro atoms. The van der Waals surface area contributed by atoms with Crippen molar-refractivity contribution in [1.29, 1.82) is 0 Å². The van der Waals surface area contributed by atoms with Gasteiger partial charge in [-0.3, -0.25) is 4.90 Å². The van der Waals surface area contributed by atoms with E-state index >= 15 is 8.78 Å². The first-order chi connectivity index (χ1) is 21.3. The standard InChI is InChI=1S/C30H30ClF6N5O2Si/c1-28-5-3-16(40-45-28)12-41(13-28)26-19-9-21(33)22(18-7-17(43)8-20(31)23(18)30(35,36)37)24(34)25(19)38-27(39-26)44-14-29-4-2-6-42(29)11-15(32)10-29/h7-9,15-16,40,43H,2-6,10-14H2,1H3/t15-,16?,28+,29+/m1/s1. The van der Waals surface area contributed by atoms with E-state index in [0.717, 1.165) is 31.9 Å². The van der Waals surface area contributed by atoms with Crippen LogP contribution in [0.25, 0.3) is 22.0 Å². The molecule has 5 fully saturated rings. The second-order valence-corrected chi connectivity index (χ2v) is 15.1. The number of benzene rings is 2. The molecule has 45 heavy (non-hydrogen) atoms. The first-order valence-corrected chi connectivity index (χ1v) is 16.2. The first-order valence-electron chi connectivity index (χ1n) is 14.8. The Morgan fingerprint density at radius 1 is 1.18 bits per heavy atom. The molecule has 1 unspecified atom stereocenters. The molecule has 5 aliphatic heterocycles. The van der Waals surface area contributed by atoms with Gasteiger partial charge in [0.05, 0.1) is 21.7 Å². The second kappa shape index (κ2) is 10.9. The maximum atomic E-state index is 16.5. The largest absolute Gasteiger partial charge is 0.508 e. The third-order valence-corrected chi connectivity index (χ3v) is 11.5. The van der Waals surface area contributed by atoms with Crippen molar-refractivity contribution in [3.8, 4) is 22.9 Å². The van der Waals surface area contributed by atoms with Crippen LogP contribution in [0.2, 0.25) is 10.1 Å². The van der Waals surface area contributed by atoms with Crippen LogP contribution >= 0.6 is 11.6 Å². The highest BCUT2D eigenvalue weighted by molar-refractivity contribution is 6.37. The molecule has 6 heterocycles. The summed E-state index contributed by atoms with van der Waals surface area (Å²) in [5.41, 5.74) is -4.49. The van der Waals surface area contributed by atoms with Crippen LogP contribution in [0.15, 0.2) is 18.2 Å². The van der Waals surface area contributed by atoms with Crippen LogP contribution in [-0.4, -0.2) is 80.2 Å². The van der Waals surface area contributed by atoms with Crippen LogP contribution in [0.4, 0.5) is 32.2 Å². The highest BCUT2D eigenvalue weighted by Gasteiger charge is 2.49. The summed E-state index contributed by atoms with van der Waals surface area (Å²) in [5.74, 6) is -3.17. The van der Waals surface area contributed by atoms with Crippen LogP contribution in [0.5, 0.6) is 11.8 Å². The fourth-order valence-electron chi connectivity index (χ4n) is 7.51. The zero-order valence-corrected chi connectivity index (χ0v) is 26.0. The normalized spacial score (nSPS) is 28.6. The van der Waals surface area contributed by atoms with Crippen molar-refractivity contribution < 1.29 is 36.2 Å². The lowest BCUT2D eigenvalue weighted by atomic mass is 9.95. The number of alkyl halides is 4. The Morgan fingerprint density at radius 2 is 1.98 bits per heavy atom. The van der Waals surface area contributed by atoms with Gasteiger partial charge in [-0.1, -0.05) is 18.5 Å². The summed E-state index contributed by atoms with van der Waals surface area (Å²) in [5, 5.41) is 9.02. The summed E-state index contributed by atoms with van der Waals surface area (Å²) < 4.78 is 95.3. The van der Waals surface area contributed by atoms with Crippen LogP contribution < -0.4 is 14.6 Å². The third-order valence-electron chi connectivity index (χ3n) is 9.60. The van der Waals surface area contributed by atoms with Crippen molar-refractivity contribution >= 4 is 38.0 Å². The van der Waals surface area contributed by atoms with Crippen molar-refractivity contribution in [2.24, 2.45) is 0 Å². The number of nitrogens with one attached hydrogen (secondary N) is 1. The molecule has 5 aliphatic rings. The Labute approximate surface area is 262 Å². The van der Waals surface area contributed by atoms with Crippen molar-refractivity contribution in [2.45, 2.75) is 68.0 Å². The van der Waals surface area contributed by atoms with Gasteiger partial charge in [0.1, 0.15) is 45.4 Å². The van der Waals surface area contributed by atoms with Gasteiger partial charge in [0.25, 0.3) is 0 Å². The molecule has 0 saturated carbocycles. The Morgan fingerprint density at radius 3 is 2.71 bits per heavy atom. The predicted octanol–water partition coefficient (Wildman–Crippen LogP) is 6.28. The third kappa shape index (κ3) is 5.40. The fraction of sp³-hybridized carbons (Fsp3) is 0.533. The molecular formula is C30H30ClF6N5O2Si. The molecule has 2 radical (unpaired) electrons. The predicted molar refractivity (Wildman–Crippen MR) is 158 cm³/mol. The number of anilines is 1. The summed E-state index contributed by atoms with van der Waals surface area (Å²) in [6.07, 6.45) is -2.41. The number of aromatic nitrogens is 2. The van der Waals surface area contributed by atoms with Gasteiger partial charge < -0.3 is 19.7 Å². The molecule has 8 rings (SSSR count). The number of rotatable bonds is 5. The monoisotopic (exact) mass is 669 g/mol. The van der Waals surface area contributed by atoms with Gasteiger partial charge in [-0.15, -0.1) is 0 Å². The number of fused-ring (bicyclic) bond motifs is 6. The molecular weight excluding hydrogens is 640 g/mol. The Bertz CT molecular complexity index is 1670. The molecule has 3 aromatic rings. The Hall–Kier alpha value is -2.81. The number of nitrogens with zero attached hydrogens (tertiary/aromatic N) is 4. The quantitative estimate of drug-likeness (QED) is 0.245. The number of hydrogen-bond acceptors (Lipinski definition) is 7. The molecule has 2 aromatic carbocycles. The second-order valence-electron chi connectivity index (χ2n) is 12.9. The van der Waals surface area contributed by atoms with Gasteiger partial charge in [0.2, 0.25) is 0 Å². The van der Waals surface area contributed by atoms with Gasteiger partial charge in [-0.2, -0.15) is 23.1 Å². The van der Waals surface area contributed by atoms with Crippen molar-refractivity contribution in [2.75, 3.05) is 37.7 Å². The summed E-state index contributed by atoms with van der Waals surface area (Å²) >= 11 is 5.85. The molecule has 240 valence electrons. The van der Waals surface area contributed by atoms with Crippen LogP contribution in [0.3, 0.4) is 0 Å². The van der Waals surface area contributed by atoms with E-state index in [0.29, 0.717) is 47.9 Å². The lowest BCUT2D eigenvalue weighted by molar-refractivity contribution is -0.137. The summed E-state index contributed by atoms with van der Waals surface area (Å²) in [7, 11) is 0.461. The van der Waals surface area contributed by atoms with Crippen LogP contribution in [0.1, 0.15) is 44.6 Å². The van der Waals surface area contributed by atoms with Crippen molar-refractivity contribution in [3.63, 3.8) is 0 Å². The SMILES string of the molecule is C[C@]12CCC(CN(c3nc(OC[C@@]45CCCN4C[C@H](F)C5)nc4c(F)c(-c5cc(O)cc(Cl)c5C(F)(F)F)c(F)cc34)C1)N[Si]2. The molecule has 2 N–H and O–H groups in total. The smallest absolute Gasteiger partial charge is 0.418 e. The van der Waals surface area contributed by atoms with E-state index < -0.39 is 62.5 Å². The zero-order chi connectivity index (χ0) is 31.9. The van der Waals surface area contributed by atoms with Gasteiger partial charge in [-0.05, 0) is 55.5 Å². The van der Waals surface area contributed by atoms with Gasteiger partial charge in [0.15, 0.2) is 5.82 Å². The Balaban J connectivity index is 1.39. The lowest BCUT2D eigenvalue weighted by Crippen LogP contribution is -2.43. The summed E-state index contributed by atoms with van der Waals surface area (Å²) in [4.78, 5) is 16.4. The highest BCUT2D eigenvalue weighted by Crippen LogP contribution is 2.47. The van der Waals surface area contributed by atoms with E-state index in [1.807, 2.05) is 9.80 Å². The number of ether oxygens (including phenoxy) is 1. The number of phenolic OH excluding ortho intramolecular Hbond substituents is 1. The number of aromatic hydroxyl groups is 1.